The van der Waals surface area contributed by atoms with Gasteiger partial charge >= 0.3 is 0 Å². The monoisotopic (exact) mass is 268 g/mol. The van der Waals surface area contributed by atoms with Crippen LogP contribution < -0.4 is 5.56 Å². The lowest BCUT2D eigenvalue weighted by Gasteiger charge is -2.03. The highest BCUT2D eigenvalue weighted by atomic mass is 35.5. The molecule has 3 nitrogen and oxygen atoms in total. The molecule has 0 saturated heterocycles. The van der Waals surface area contributed by atoms with Gasteiger partial charge in [-0.1, -0.05) is 23.7 Å². The number of aromatic nitrogens is 2. The van der Waals surface area contributed by atoms with Crippen molar-refractivity contribution < 1.29 is 0 Å². The smallest absolute Gasteiger partial charge is 0.251 e. The molecule has 88 valence electrons. The maximum atomic E-state index is 11.3. The van der Waals surface area contributed by atoms with Crippen LogP contribution in [0.1, 0.15) is 17.1 Å². The molecule has 0 fully saturated rings. The number of alkyl halides is 1. The molecule has 1 aromatic carbocycles. The van der Waals surface area contributed by atoms with Crippen LogP contribution in [-0.4, -0.2) is 9.97 Å². The minimum absolute atomic E-state index is 0.181. The van der Waals surface area contributed by atoms with E-state index in [9.17, 15) is 4.79 Å². The molecule has 1 aromatic heterocycles. The minimum Gasteiger partial charge on any atom is -0.310 e. The molecule has 0 atom stereocenters. The van der Waals surface area contributed by atoms with E-state index in [1.54, 1.807) is 12.1 Å². The number of H-pyrrole nitrogens is 1. The van der Waals surface area contributed by atoms with Gasteiger partial charge in [0.25, 0.3) is 5.56 Å². The Morgan fingerprint density at radius 1 is 1.24 bits per heavy atom. The predicted molar refractivity (Wildman–Crippen MR) is 68.7 cm³/mol. The number of nitrogens with one attached hydrogen (secondary N) is 1. The largest absolute Gasteiger partial charge is 0.310 e. The first-order valence-corrected chi connectivity index (χ1v) is 5.98. The summed E-state index contributed by atoms with van der Waals surface area (Å²) in [6, 6.07) is 8.81. The van der Waals surface area contributed by atoms with E-state index in [2.05, 4.69) is 9.97 Å². The summed E-state index contributed by atoms with van der Waals surface area (Å²) in [5.74, 6) is 0.841. The van der Waals surface area contributed by atoms with E-state index in [4.69, 9.17) is 23.2 Å². The molecular formula is C12H10Cl2N2O. The Morgan fingerprint density at radius 3 is 2.59 bits per heavy atom. The van der Waals surface area contributed by atoms with Crippen LogP contribution in [0.15, 0.2) is 35.1 Å². The molecule has 0 amide bonds. The molecule has 2 aromatic rings. The summed E-state index contributed by atoms with van der Waals surface area (Å²) in [5.41, 5.74) is 1.43. The molecule has 17 heavy (non-hydrogen) atoms. The minimum atomic E-state index is -0.181. The molecule has 1 heterocycles. The second-order valence-electron chi connectivity index (χ2n) is 3.62. The second-order valence-corrected chi connectivity index (χ2v) is 4.32. The molecular weight excluding hydrogens is 259 g/mol. The van der Waals surface area contributed by atoms with Gasteiger partial charge in [0.05, 0.1) is 11.6 Å². The number of aromatic amines is 1. The van der Waals surface area contributed by atoms with Crippen molar-refractivity contribution >= 4 is 23.2 Å². The van der Waals surface area contributed by atoms with Gasteiger partial charge in [-0.25, -0.2) is 4.98 Å². The van der Waals surface area contributed by atoms with Gasteiger partial charge in [-0.15, -0.1) is 11.6 Å². The highest BCUT2D eigenvalue weighted by Crippen LogP contribution is 2.11. The number of rotatable bonds is 3. The highest BCUT2D eigenvalue weighted by molar-refractivity contribution is 6.30. The fourth-order valence-electron chi connectivity index (χ4n) is 1.51. The number of hydrogen-bond acceptors (Lipinski definition) is 2. The van der Waals surface area contributed by atoms with Gasteiger partial charge in [-0.05, 0) is 17.7 Å². The predicted octanol–water partition coefficient (Wildman–Crippen LogP) is 2.75. The van der Waals surface area contributed by atoms with Crippen LogP contribution in [0.2, 0.25) is 5.02 Å². The fraction of sp³-hybridized carbons (Fsp3) is 0.167. The molecule has 0 aliphatic carbocycles. The average Bonchev–Trinajstić information content (AvgIpc) is 2.31. The Hall–Kier alpha value is -1.32. The summed E-state index contributed by atoms with van der Waals surface area (Å²) in [7, 11) is 0. The zero-order chi connectivity index (χ0) is 12.3. The molecule has 0 aliphatic heterocycles. The van der Waals surface area contributed by atoms with E-state index in [0.29, 0.717) is 23.0 Å². The number of nitrogens with zero attached hydrogens (tertiary/aromatic N) is 1. The van der Waals surface area contributed by atoms with Gasteiger partial charge in [0.2, 0.25) is 0 Å². The van der Waals surface area contributed by atoms with Crippen molar-refractivity contribution in [1.82, 2.24) is 9.97 Å². The quantitative estimate of drug-likeness (QED) is 0.871. The SMILES string of the molecule is O=c1cc(CCl)nc(Cc2ccc(Cl)cc2)[nH]1. The van der Waals surface area contributed by atoms with Crippen LogP contribution in [0.25, 0.3) is 0 Å². The summed E-state index contributed by atoms with van der Waals surface area (Å²) in [6.07, 6.45) is 0.553. The normalized spacial score (nSPS) is 10.5. The van der Waals surface area contributed by atoms with Crippen LogP contribution in [0.5, 0.6) is 0 Å². The molecule has 0 saturated carbocycles. The van der Waals surface area contributed by atoms with Gasteiger partial charge < -0.3 is 4.98 Å². The average molecular weight is 269 g/mol. The van der Waals surface area contributed by atoms with E-state index in [0.717, 1.165) is 5.56 Å². The van der Waals surface area contributed by atoms with Crippen molar-refractivity contribution in [2.45, 2.75) is 12.3 Å². The van der Waals surface area contributed by atoms with Crippen molar-refractivity contribution in [3.05, 3.63) is 62.8 Å². The first-order valence-electron chi connectivity index (χ1n) is 5.07. The molecule has 1 N–H and O–H groups in total. The van der Waals surface area contributed by atoms with Crippen molar-refractivity contribution in [2.24, 2.45) is 0 Å². The lowest BCUT2D eigenvalue weighted by molar-refractivity contribution is 0.915. The summed E-state index contributed by atoms with van der Waals surface area (Å²) in [4.78, 5) is 18.3. The molecule has 0 bridgehead atoms. The Labute approximate surface area is 108 Å². The summed E-state index contributed by atoms with van der Waals surface area (Å²) in [6.45, 7) is 0. The number of hydrogen-bond donors (Lipinski definition) is 1. The molecule has 0 aliphatic rings. The molecule has 0 radical (unpaired) electrons. The van der Waals surface area contributed by atoms with Crippen molar-refractivity contribution in [2.75, 3.05) is 0 Å². The van der Waals surface area contributed by atoms with Gasteiger partial charge in [0, 0.05) is 17.5 Å². The van der Waals surface area contributed by atoms with Crippen LogP contribution in [0.4, 0.5) is 0 Å². The molecule has 5 heteroatoms. The topological polar surface area (TPSA) is 45.8 Å². The second kappa shape index (κ2) is 5.34. The third-order valence-electron chi connectivity index (χ3n) is 2.27. The van der Waals surface area contributed by atoms with Crippen molar-refractivity contribution in [1.29, 1.82) is 0 Å². The summed E-state index contributed by atoms with van der Waals surface area (Å²) < 4.78 is 0. The Morgan fingerprint density at radius 2 is 1.94 bits per heavy atom. The van der Waals surface area contributed by atoms with Crippen molar-refractivity contribution in [3.63, 3.8) is 0 Å². The maximum absolute atomic E-state index is 11.3. The van der Waals surface area contributed by atoms with Gasteiger partial charge in [-0.2, -0.15) is 0 Å². The highest BCUT2D eigenvalue weighted by Gasteiger charge is 2.02. The van der Waals surface area contributed by atoms with E-state index < -0.39 is 0 Å². The molecule has 0 unspecified atom stereocenters. The van der Waals surface area contributed by atoms with Gasteiger partial charge in [0.1, 0.15) is 5.82 Å². The van der Waals surface area contributed by atoms with Gasteiger partial charge in [-0.3, -0.25) is 4.79 Å². The zero-order valence-corrected chi connectivity index (χ0v) is 10.4. The third-order valence-corrected chi connectivity index (χ3v) is 2.79. The maximum Gasteiger partial charge on any atom is 0.251 e. The Bertz CT molecular complexity index is 563. The third kappa shape index (κ3) is 3.32. The number of halogens is 2. The first-order chi connectivity index (χ1) is 8.17. The Kier molecular flexibility index (Phi) is 3.82. The van der Waals surface area contributed by atoms with Crippen LogP contribution in [-0.2, 0) is 12.3 Å². The zero-order valence-electron chi connectivity index (χ0n) is 8.91. The van der Waals surface area contributed by atoms with E-state index in [1.807, 2.05) is 12.1 Å². The van der Waals surface area contributed by atoms with Crippen molar-refractivity contribution in [3.8, 4) is 0 Å². The van der Waals surface area contributed by atoms with Gasteiger partial charge in [0.15, 0.2) is 0 Å². The molecule has 2 rings (SSSR count). The first kappa shape index (κ1) is 12.1. The summed E-state index contributed by atoms with van der Waals surface area (Å²) >= 11 is 11.5. The molecule has 0 spiro atoms. The fourth-order valence-corrected chi connectivity index (χ4v) is 1.77. The van der Waals surface area contributed by atoms with Crippen LogP contribution in [0.3, 0.4) is 0 Å². The summed E-state index contributed by atoms with van der Waals surface area (Å²) in [5, 5.41) is 0.685. The Balaban J connectivity index is 2.26. The van der Waals surface area contributed by atoms with E-state index >= 15 is 0 Å². The van der Waals surface area contributed by atoms with Crippen LogP contribution >= 0.6 is 23.2 Å². The lowest BCUT2D eigenvalue weighted by atomic mass is 10.1. The van der Waals surface area contributed by atoms with E-state index in [-0.39, 0.29) is 11.4 Å². The number of benzene rings is 1. The van der Waals surface area contributed by atoms with E-state index in [1.165, 1.54) is 6.07 Å². The standard InChI is InChI=1S/C12H10Cl2N2O/c13-7-10-6-12(17)16-11(15-10)5-8-1-3-9(14)4-2-8/h1-4,6H,5,7H2,(H,15,16,17). The lowest BCUT2D eigenvalue weighted by Crippen LogP contribution is -2.12. The van der Waals surface area contributed by atoms with Crippen LogP contribution in [0, 0.1) is 0 Å².